The number of para-hydroxylation sites is 1. The first-order valence-electron chi connectivity index (χ1n) is 9.27. The lowest BCUT2D eigenvalue weighted by Gasteiger charge is -2.37. The van der Waals surface area contributed by atoms with E-state index in [1.165, 1.54) is 18.9 Å². The number of nitrogens with zero attached hydrogens (tertiary/aromatic N) is 2. The highest BCUT2D eigenvalue weighted by molar-refractivity contribution is 5.96. The van der Waals surface area contributed by atoms with Crippen LogP contribution in [0.4, 0.5) is 11.4 Å². The van der Waals surface area contributed by atoms with Gasteiger partial charge in [-0.05, 0) is 37.3 Å². The van der Waals surface area contributed by atoms with Gasteiger partial charge in [-0.3, -0.25) is 4.90 Å². The highest BCUT2D eigenvalue weighted by atomic mass is 16.5. The van der Waals surface area contributed by atoms with Crippen LogP contribution >= 0.6 is 0 Å². The van der Waals surface area contributed by atoms with Gasteiger partial charge in [-0.1, -0.05) is 18.2 Å². The number of methoxy groups -OCH3 is 1. The van der Waals surface area contributed by atoms with Gasteiger partial charge in [0.05, 0.1) is 12.7 Å². The number of carbonyl (C=O) groups excluding carboxylic acids is 1. The minimum absolute atomic E-state index is 0.0469. The Hall–Kier alpha value is -2.73. The highest BCUT2D eigenvalue weighted by Crippen LogP contribution is 2.23. The number of phenols is 1. The van der Waals surface area contributed by atoms with Crippen LogP contribution in [0.5, 0.6) is 5.75 Å². The van der Waals surface area contributed by atoms with Gasteiger partial charge in [-0.25, -0.2) is 4.79 Å². The van der Waals surface area contributed by atoms with Gasteiger partial charge in [-0.15, -0.1) is 0 Å². The molecule has 0 saturated carbocycles. The average Bonchev–Trinajstić information content (AvgIpc) is 2.70. The number of phenolic OH excluding ortho intramolecular Hbond substituents is 1. The van der Waals surface area contributed by atoms with Gasteiger partial charge in [0.1, 0.15) is 5.75 Å². The monoisotopic (exact) mass is 369 g/mol. The first-order valence-corrected chi connectivity index (χ1v) is 9.27. The predicted molar refractivity (Wildman–Crippen MR) is 108 cm³/mol. The van der Waals surface area contributed by atoms with Gasteiger partial charge in [0.15, 0.2) is 0 Å². The van der Waals surface area contributed by atoms with Crippen LogP contribution in [-0.4, -0.2) is 61.9 Å². The van der Waals surface area contributed by atoms with Crippen molar-refractivity contribution < 1.29 is 14.6 Å². The molecule has 0 radical (unpaired) electrons. The lowest BCUT2D eigenvalue weighted by Crippen LogP contribution is -2.49. The van der Waals surface area contributed by atoms with E-state index in [1.54, 1.807) is 12.1 Å². The third-order valence-electron chi connectivity index (χ3n) is 4.84. The van der Waals surface area contributed by atoms with Crippen molar-refractivity contribution in [2.75, 3.05) is 50.1 Å². The third-order valence-corrected chi connectivity index (χ3v) is 4.84. The van der Waals surface area contributed by atoms with Gasteiger partial charge >= 0.3 is 5.97 Å². The molecule has 2 aromatic rings. The van der Waals surface area contributed by atoms with Gasteiger partial charge in [0, 0.05) is 50.1 Å². The zero-order chi connectivity index (χ0) is 19.2. The van der Waals surface area contributed by atoms with E-state index in [9.17, 15) is 9.90 Å². The number of rotatable bonds is 6. The number of ether oxygens (including phenoxy) is 1. The Bertz CT molecular complexity index is 759. The Morgan fingerprint density at radius 1 is 1.15 bits per heavy atom. The molecule has 1 unspecified atom stereocenters. The predicted octanol–water partition coefficient (Wildman–Crippen LogP) is 2.80. The van der Waals surface area contributed by atoms with Crippen LogP contribution in [0.1, 0.15) is 17.3 Å². The van der Waals surface area contributed by atoms with E-state index in [1.807, 2.05) is 6.07 Å². The zero-order valence-electron chi connectivity index (χ0n) is 15.9. The summed E-state index contributed by atoms with van der Waals surface area (Å²) < 4.78 is 4.81. The Balaban J connectivity index is 1.55. The molecule has 1 aliphatic heterocycles. The zero-order valence-corrected chi connectivity index (χ0v) is 15.9. The molecule has 1 atom stereocenters. The summed E-state index contributed by atoms with van der Waals surface area (Å²) in [4.78, 5) is 16.8. The molecule has 144 valence electrons. The molecule has 0 amide bonds. The summed E-state index contributed by atoms with van der Waals surface area (Å²) in [6, 6.07) is 15.4. The molecular weight excluding hydrogens is 342 g/mol. The van der Waals surface area contributed by atoms with Crippen LogP contribution in [0, 0.1) is 0 Å². The molecule has 1 heterocycles. The Morgan fingerprint density at radius 3 is 2.52 bits per heavy atom. The normalized spacial score (nSPS) is 16.0. The largest absolute Gasteiger partial charge is 0.508 e. The van der Waals surface area contributed by atoms with Crippen molar-refractivity contribution in [1.82, 2.24) is 4.90 Å². The SMILES string of the molecule is COC(=O)c1cc(O)ccc1NC(C)CN1CCN(c2ccccc2)CC1. The number of piperazine rings is 1. The molecule has 1 saturated heterocycles. The van der Waals surface area contributed by atoms with Crippen molar-refractivity contribution in [2.45, 2.75) is 13.0 Å². The highest BCUT2D eigenvalue weighted by Gasteiger charge is 2.20. The van der Waals surface area contributed by atoms with Crippen LogP contribution in [0.2, 0.25) is 0 Å². The van der Waals surface area contributed by atoms with Gasteiger partial charge in [0.25, 0.3) is 0 Å². The summed E-state index contributed by atoms with van der Waals surface area (Å²) in [5.74, 6) is -0.414. The first-order chi connectivity index (χ1) is 13.1. The number of anilines is 2. The third kappa shape index (κ3) is 4.92. The second-order valence-corrected chi connectivity index (χ2v) is 6.89. The van der Waals surface area contributed by atoms with Crippen LogP contribution in [0.3, 0.4) is 0 Å². The summed E-state index contributed by atoms with van der Waals surface area (Å²) in [7, 11) is 1.34. The fraction of sp³-hybridized carbons (Fsp3) is 0.381. The minimum Gasteiger partial charge on any atom is -0.508 e. The summed E-state index contributed by atoms with van der Waals surface area (Å²) >= 11 is 0. The molecule has 6 heteroatoms. The van der Waals surface area contributed by atoms with E-state index in [4.69, 9.17) is 4.74 Å². The fourth-order valence-corrected chi connectivity index (χ4v) is 3.46. The molecule has 1 fully saturated rings. The Labute approximate surface area is 160 Å². The lowest BCUT2D eigenvalue weighted by molar-refractivity contribution is 0.0601. The molecular formula is C21H27N3O3. The Morgan fingerprint density at radius 2 is 1.85 bits per heavy atom. The number of nitrogens with one attached hydrogen (secondary N) is 1. The molecule has 27 heavy (non-hydrogen) atoms. The van der Waals surface area contributed by atoms with E-state index < -0.39 is 5.97 Å². The van der Waals surface area contributed by atoms with Crippen LogP contribution in [0.15, 0.2) is 48.5 Å². The number of hydrogen-bond donors (Lipinski definition) is 2. The molecule has 6 nitrogen and oxygen atoms in total. The van der Waals surface area contributed by atoms with E-state index in [2.05, 4.69) is 46.3 Å². The van der Waals surface area contributed by atoms with Crippen molar-refractivity contribution in [1.29, 1.82) is 0 Å². The van der Waals surface area contributed by atoms with Crippen molar-refractivity contribution in [3.8, 4) is 5.75 Å². The van der Waals surface area contributed by atoms with E-state index in [0.717, 1.165) is 32.7 Å². The second-order valence-electron chi connectivity index (χ2n) is 6.89. The van der Waals surface area contributed by atoms with Crippen molar-refractivity contribution in [2.24, 2.45) is 0 Å². The van der Waals surface area contributed by atoms with E-state index >= 15 is 0 Å². The molecule has 0 bridgehead atoms. The smallest absolute Gasteiger partial charge is 0.340 e. The van der Waals surface area contributed by atoms with Crippen molar-refractivity contribution in [3.63, 3.8) is 0 Å². The van der Waals surface area contributed by atoms with Crippen LogP contribution in [0.25, 0.3) is 0 Å². The number of hydrogen-bond acceptors (Lipinski definition) is 6. The summed E-state index contributed by atoms with van der Waals surface area (Å²) in [6.07, 6.45) is 0. The van der Waals surface area contributed by atoms with Gasteiger partial charge < -0.3 is 20.1 Å². The summed E-state index contributed by atoms with van der Waals surface area (Å²) in [5.41, 5.74) is 2.29. The summed E-state index contributed by atoms with van der Waals surface area (Å²) in [6.45, 7) is 6.98. The van der Waals surface area contributed by atoms with Gasteiger partial charge in [0.2, 0.25) is 0 Å². The van der Waals surface area contributed by atoms with Gasteiger partial charge in [-0.2, -0.15) is 0 Å². The molecule has 0 aromatic heterocycles. The minimum atomic E-state index is -0.461. The quantitative estimate of drug-likeness (QED) is 0.603. The maximum atomic E-state index is 11.9. The number of carbonyl (C=O) groups is 1. The van der Waals surface area contributed by atoms with Crippen LogP contribution < -0.4 is 10.2 Å². The maximum absolute atomic E-state index is 11.9. The molecule has 2 N–H and O–H groups in total. The van der Waals surface area contributed by atoms with E-state index in [0.29, 0.717) is 11.3 Å². The number of esters is 1. The fourth-order valence-electron chi connectivity index (χ4n) is 3.46. The molecule has 1 aliphatic rings. The molecule has 2 aromatic carbocycles. The maximum Gasteiger partial charge on any atom is 0.340 e. The standard InChI is InChI=1S/C21H27N3O3/c1-16(22-20-9-8-18(25)14-19(20)21(26)27-2)15-23-10-12-24(13-11-23)17-6-4-3-5-7-17/h3-9,14,16,22,25H,10-13,15H2,1-2H3. The van der Waals surface area contributed by atoms with E-state index in [-0.39, 0.29) is 11.8 Å². The Kier molecular flexibility index (Phi) is 6.19. The molecule has 3 rings (SSSR count). The second kappa shape index (κ2) is 8.77. The molecule has 0 aliphatic carbocycles. The van der Waals surface area contributed by atoms with Crippen molar-refractivity contribution >= 4 is 17.3 Å². The molecule has 0 spiro atoms. The number of aromatic hydroxyl groups is 1. The van der Waals surface area contributed by atoms with Crippen LogP contribution in [-0.2, 0) is 4.74 Å². The number of benzene rings is 2. The lowest BCUT2D eigenvalue weighted by atomic mass is 10.1. The first kappa shape index (κ1) is 19.0. The van der Waals surface area contributed by atoms with Crippen molar-refractivity contribution in [3.05, 3.63) is 54.1 Å². The summed E-state index contributed by atoms with van der Waals surface area (Å²) in [5, 5.41) is 13.0. The average molecular weight is 369 g/mol. The topological polar surface area (TPSA) is 65.0 Å².